The summed E-state index contributed by atoms with van der Waals surface area (Å²) in [5.74, 6) is 1.06. The van der Waals surface area contributed by atoms with Crippen LogP contribution < -0.4 is 10.6 Å². The number of amides is 2. The van der Waals surface area contributed by atoms with Crippen molar-refractivity contribution in [3.05, 3.63) is 78.4 Å². The lowest BCUT2D eigenvalue weighted by Gasteiger charge is -2.12. The minimum atomic E-state index is -0.241. The maximum Gasteiger partial charge on any atom is 0.315 e. The molecule has 2 aromatic carbocycles. The fourth-order valence-electron chi connectivity index (χ4n) is 3.40. The Kier molecular flexibility index (Phi) is 5.63. The maximum atomic E-state index is 12.2. The van der Waals surface area contributed by atoms with E-state index >= 15 is 0 Å². The number of para-hydroxylation sites is 1. The van der Waals surface area contributed by atoms with Gasteiger partial charge >= 0.3 is 6.03 Å². The Bertz CT molecular complexity index is 897. The van der Waals surface area contributed by atoms with Gasteiger partial charge in [0.2, 0.25) is 0 Å². The SMILES string of the molecule is O=C(NCc1ncnn1-c1ccccc1)NC[C@@H]1C[C@H](c2ccccc2)CO1. The van der Waals surface area contributed by atoms with Crippen LogP contribution >= 0.6 is 0 Å². The zero-order valence-electron chi connectivity index (χ0n) is 15.5. The van der Waals surface area contributed by atoms with Crippen LogP contribution in [0, 0.1) is 0 Å². The molecule has 0 saturated carbocycles. The largest absolute Gasteiger partial charge is 0.376 e. The Balaban J connectivity index is 1.24. The van der Waals surface area contributed by atoms with Gasteiger partial charge in [-0.15, -0.1) is 0 Å². The predicted octanol–water partition coefficient (Wildman–Crippen LogP) is 2.64. The van der Waals surface area contributed by atoms with Crippen molar-refractivity contribution in [1.29, 1.82) is 0 Å². The number of hydrogen-bond donors (Lipinski definition) is 2. The number of nitrogens with zero attached hydrogens (tertiary/aromatic N) is 3. The molecule has 0 aliphatic carbocycles. The van der Waals surface area contributed by atoms with E-state index in [0.29, 0.717) is 31.4 Å². The molecule has 1 saturated heterocycles. The van der Waals surface area contributed by atoms with Crippen LogP contribution in [0.2, 0.25) is 0 Å². The third kappa shape index (κ3) is 4.37. The highest BCUT2D eigenvalue weighted by Crippen LogP contribution is 2.28. The van der Waals surface area contributed by atoms with Crippen LogP contribution in [0.4, 0.5) is 4.79 Å². The van der Waals surface area contributed by atoms with Crippen molar-refractivity contribution in [2.24, 2.45) is 0 Å². The van der Waals surface area contributed by atoms with E-state index in [0.717, 1.165) is 12.1 Å². The summed E-state index contributed by atoms with van der Waals surface area (Å²) >= 11 is 0. The summed E-state index contributed by atoms with van der Waals surface area (Å²) < 4.78 is 7.54. The van der Waals surface area contributed by atoms with Crippen molar-refractivity contribution in [2.45, 2.75) is 25.0 Å². The molecule has 0 bridgehead atoms. The van der Waals surface area contributed by atoms with Gasteiger partial charge in [-0.3, -0.25) is 0 Å². The molecule has 7 heteroatoms. The molecule has 2 atom stereocenters. The molecule has 1 aliphatic heterocycles. The van der Waals surface area contributed by atoms with E-state index in [-0.39, 0.29) is 12.1 Å². The van der Waals surface area contributed by atoms with E-state index in [4.69, 9.17) is 4.74 Å². The van der Waals surface area contributed by atoms with Gasteiger partial charge in [0, 0.05) is 12.5 Å². The molecule has 2 heterocycles. The standard InChI is InChI=1S/C21H23N5O2/c27-21(22-12-19-11-17(14-28-19)16-7-3-1-4-8-16)23-13-20-24-15-25-26(20)18-9-5-2-6-10-18/h1-10,15,17,19H,11-14H2,(H2,22,23,27)/t17-,19-/m0/s1. The highest BCUT2D eigenvalue weighted by Gasteiger charge is 2.26. The summed E-state index contributed by atoms with van der Waals surface area (Å²) in [6.07, 6.45) is 2.42. The number of carbonyl (C=O) groups excluding carboxylic acids is 1. The first-order valence-corrected chi connectivity index (χ1v) is 9.42. The van der Waals surface area contributed by atoms with Crippen LogP contribution in [0.1, 0.15) is 23.7 Å². The van der Waals surface area contributed by atoms with Crippen LogP contribution in [0.25, 0.3) is 5.69 Å². The molecule has 3 aromatic rings. The molecule has 0 radical (unpaired) electrons. The van der Waals surface area contributed by atoms with E-state index in [2.05, 4.69) is 32.8 Å². The second-order valence-electron chi connectivity index (χ2n) is 6.79. The highest BCUT2D eigenvalue weighted by molar-refractivity contribution is 5.73. The second-order valence-corrected chi connectivity index (χ2v) is 6.79. The Morgan fingerprint density at radius 3 is 2.61 bits per heavy atom. The summed E-state index contributed by atoms with van der Waals surface area (Å²) in [7, 11) is 0. The van der Waals surface area contributed by atoms with E-state index in [1.54, 1.807) is 4.68 Å². The van der Waals surface area contributed by atoms with Gasteiger partial charge in [-0.25, -0.2) is 14.5 Å². The Hall–Kier alpha value is -3.19. The van der Waals surface area contributed by atoms with Gasteiger partial charge in [-0.2, -0.15) is 5.10 Å². The number of ether oxygens (including phenoxy) is 1. The van der Waals surface area contributed by atoms with Gasteiger partial charge in [0.15, 0.2) is 5.82 Å². The summed E-state index contributed by atoms with van der Waals surface area (Å²) in [5, 5.41) is 9.94. The van der Waals surface area contributed by atoms with Gasteiger partial charge in [0.25, 0.3) is 0 Å². The predicted molar refractivity (Wildman–Crippen MR) is 105 cm³/mol. The topological polar surface area (TPSA) is 81.1 Å². The molecule has 1 aromatic heterocycles. The summed E-state index contributed by atoms with van der Waals surface area (Å²) in [4.78, 5) is 16.4. The first-order valence-electron chi connectivity index (χ1n) is 9.42. The normalized spacial score (nSPS) is 18.7. The van der Waals surface area contributed by atoms with Crippen LogP contribution in [-0.2, 0) is 11.3 Å². The zero-order valence-corrected chi connectivity index (χ0v) is 15.5. The van der Waals surface area contributed by atoms with Gasteiger partial charge in [0.05, 0.1) is 24.9 Å². The van der Waals surface area contributed by atoms with Crippen molar-refractivity contribution in [1.82, 2.24) is 25.4 Å². The smallest absolute Gasteiger partial charge is 0.315 e. The lowest BCUT2D eigenvalue weighted by atomic mass is 9.96. The van der Waals surface area contributed by atoms with Crippen molar-refractivity contribution in [3.63, 3.8) is 0 Å². The molecule has 0 unspecified atom stereocenters. The van der Waals surface area contributed by atoms with Crippen LogP contribution in [0.15, 0.2) is 67.0 Å². The molecule has 144 valence electrons. The van der Waals surface area contributed by atoms with E-state index in [1.807, 2.05) is 48.5 Å². The Morgan fingerprint density at radius 1 is 1.07 bits per heavy atom. The summed E-state index contributed by atoms with van der Waals surface area (Å²) in [5.41, 5.74) is 2.19. The molecule has 7 nitrogen and oxygen atoms in total. The number of benzene rings is 2. The molecule has 2 N–H and O–H groups in total. The lowest BCUT2D eigenvalue weighted by Crippen LogP contribution is -2.39. The quantitative estimate of drug-likeness (QED) is 0.692. The van der Waals surface area contributed by atoms with Crippen molar-refractivity contribution in [2.75, 3.05) is 13.2 Å². The molecular weight excluding hydrogens is 354 g/mol. The first kappa shape index (κ1) is 18.2. The second kappa shape index (κ2) is 8.67. The zero-order chi connectivity index (χ0) is 19.2. The number of aromatic nitrogens is 3. The lowest BCUT2D eigenvalue weighted by molar-refractivity contribution is 0.110. The highest BCUT2D eigenvalue weighted by atomic mass is 16.5. The Labute approximate surface area is 163 Å². The van der Waals surface area contributed by atoms with Gasteiger partial charge in [-0.1, -0.05) is 48.5 Å². The minimum absolute atomic E-state index is 0.0314. The fourth-order valence-corrected chi connectivity index (χ4v) is 3.40. The minimum Gasteiger partial charge on any atom is -0.376 e. The molecule has 1 aliphatic rings. The molecule has 1 fully saturated rings. The average Bonchev–Trinajstić information content (AvgIpc) is 3.41. The third-order valence-corrected chi connectivity index (χ3v) is 4.87. The van der Waals surface area contributed by atoms with Crippen molar-refractivity contribution < 1.29 is 9.53 Å². The molecule has 28 heavy (non-hydrogen) atoms. The third-order valence-electron chi connectivity index (χ3n) is 4.87. The number of nitrogens with one attached hydrogen (secondary N) is 2. The molecular formula is C21H23N5O2. The maximum absolute atomic E-state index is 12.2. The monoisotopic (exact) mass is 377 g/mol. The number of rotatable bonds is 6. The number of hydrogen-bond acceptors (Lipinski definition) is 4. The molecule has 4 rings (SSSR count). The van der Waals surface area contributed by atoms with Crippen LogP contribution in [0.3, 0.4) is 0 Å². The van der Waals surface area contributed by atoms with Crippen LogP contribution in [-0.4, -0.2) is 40.1 Å². The summed E-state index contributed by atoms with van der Waals surface area (Å²) in [6.45, 7) is 1.47. The van der Waals surface area contributed by atoms with Crippen molar-refractivity contribution in [3.8, 4) is 5.69 Å². The summed E-state index contributed by atoms with van der Waals surface area (Å²) in [6, 6.07) is 19.8. The van der Waals surface area contributed by atoms with E-state index < -0.39 is 0 Å². The Morgan fingerprint density at radius 2 is 1.82 bits per heavy atom. The fraction of sp³-hybridized carbons (Fsp3) is 0.286. The molecule has 0 spiro atoms. The number of urea groups is 1. The van der Waals surface area contributed by atoms with Gasteiger partial charge < -0.3 is 15.4 Å². The number of carbonyl (C=O) groups is 1. The van der Waals surface area contributed by atoms with Gasteiger partial charge in [-0.05, 0) is 24.1 Å². The molecule has 2 amide bonds. The van der Waals surface area contributed by atoms with E-state index in [1.165, 1.54) is 11.9 Å². The van der Waals surface area contributed by atoms with Gasteiger partial charge in [0.1, 0.15) is 6.33 Å². The first-order chi connectivity index (χ1) is 13.8. The van der Waals surface area contributed by atoms with E-state index in [9.17, 15) is 4.79 Å². The van der Waals surface area contributed by atoms with Crippen LogP contribution in [0.5, 0.6) is 0 Å². The average molecular weight is 377 g/mol. The van der Waals surface area contributed by atoms with Crippen molar-refractivity contribution >= 4 is 6.03 Å².